The monoisotopic (exact) mass is 223 g/mol. The molecule has 0 spiro atoms. The highest BCUT2D eigenvalue weighted by Gasteiger charge is 2.11. The van der Waals surface area contributed by atoms with Gasteiger partial charge in [-0.2, -0.15) is 0 Å². The fraction of sp³-hybridized carbons (Fsp3) is 0.417. The largest absolute Gasteiger partial charge is 0.507 e. The lowest BCUT2D eigenvalue weighted by Crippen LogP contribution is -2.31. The van der Waals surface area contributed by atoms with Crippen LogP contribution in [-0.2, 0) is 0 Å². The first-order valence-electron chi connectivity index (χ1n) is 5.30. The number of phenolic OH excluding ortho intramolecular Hbond substituents is 1. The molecular weight excluding hydrogens is 206 g/mol. The van der Waals surface area contributed by atoms with Gasteiger partial charge in [0.15, 0.2) is 0 Å². The van der Waals surface area contributed by atoms with Crippen LogP contribution in [0.2, 0.25) is 0 Å². The van der Waals surface area contributed by atoms with Crippen LogP contribution in [0.5, 0.6) is 5.75 Å². The van der Waals surface area contributed by atoms with Crippen molar-refractivity contribution in [2.24, 2.45) is 0 Å². The van der Waals surface area contributed by atoms with Crippen LogP contribution < -0.4 is 5.32 Å². The molecule has 0 aliphatic heterocycles. The van der Waals surface area contributed by atoms with Crippen molar-refractivity contribution < 1.29 is 15.0 Å². The SMILES string of the molecule is CCC(O)CNC(=O)c1cc(C)ccc1O. The molecule has 0 aliphatic carbocycles. The molecule has 0 aliphatic rings. The molecule has 0 bridgehead atoms. The summed E-state index contributed by atoms with van der Waals surface area (Å²) in [5.74, 6) is -0.414. The first-order valence-corrected chi connectivity index (χ1v) is 5.30. The molecule has 0 saturated heterocycles. The first kappa shape index (κ1) is 12.5. The van der Waals surface area contributed by atoms with Gasteiger partial charge < -0.3 is 15.5 Å². The van der Waals surface area contributed by atoms with Crippen LogP contribution in [-0.4, -0.2) is 28.8 Å². The topological polar surface area (TPSA) is 69.6 Å². The Bertz CT molecular complexity index is 377. The minimum absolute atomic E-state index is 0.0471. The lowest BCUT2D eigenvalue weighted by molar-refractivity contribution is 0.0911. The Balaban J connectivity index is 2.69. The van der Waals surface area contributed by atoms with Crippen LogP contribution in [0.15, 0.2) is 18.2 Å². The zero-order chi connectivity index (χ0) is 12.1. The minimum Gasteiger partial charge on any atom is -0.507 e. The Morgan fingerprint density at radius 1 is 1.50 bits per heavy atom. The fourth-order valence-electron chi connectivity index (χ4n) is 1.28. The number of amides is 1. The van der Waals surface area contributed by atoms with Gasteiger partial charge in [0.1, 0.15) is 5.75 Å². The van der Waals surface area contributed by atoms with Crippen molar-refractivity contribution >= 4 is 5.91 Å². The summed E-state index contributed by atoms with van der Waals surface area (Å²) >= 11 is 0. The van der Waals surface area contributed by atoms with Gasteiger partial charge in [-0.25, -0.2) is 0 Å². The van der Waals surface area contributed by atoms with Crippen LogP contribution in [0, 0.1) is 6.92 Å². The number of benzene rings is 1. The number of hydrogen-bond donors (Lipinski definition) is 3. The quantitative estimate of drug-likeness (QED) is 0.718. The maximum Gasteiger partial charge on any atom is 0.255 e. The van der Waals surface area contributed by atoms with Crippen molar-refractivity contribution in [3.63, 3.8) is 0 Å². The van der Waals surface area contributed by atoms with E-state index >= 15 is 0 Å². The first-order chi connectivity index (χ1) is 7.54. The molecule has 1 rings (SSSR count). The summed E-state index contributed by atoms with van der Waals surface area (Å²) in [7, 11) is 0. The maximum absolute atomic E-state index is 11.7. The molecule has 0 fully saturated rings. The molecule has 0 saturated carbocycles. The van der Waals surface area contributed by atoms with E-state index in [-0.39, 0.29) is 23.8 Å². The van der Waals surface area contributed by atoms with Gasteiger partial charge in [-0.05, 0) is 25.5 Å². The summed E-state index contributed by atoms with van der Waals surface area (Å²) in [5.41, 5.74) is 1.14. The lowest BCUT2D eigenvalue weighted by Gasteiger charge is -2.10. The molecule has 1 aromatic carbocycles. The summed E-state index contributed by atoms with van der Waals surface area (Å²) in [6.07, 6.45) is 0.0380. The molecule has 1 atom stereocenters. The number of hydrogen-bond acceptors (Lipinski definition) is 3. The second-order valence-electron chi connectivity index (χ2n) is 3.79. The van der Waals surface area contributed by atoms with Crippen molar-refractivity contribution in [2.45, 2.75) is 26.4 Å². The lowest BCUT2D eigenvalue weighted by atomic mass is 10.1. The standard InChI is InChI=1S/C12H17NO3/c1-3-9(14)7-13-12(16)10-6-8(2)4-5-11(10)15/h4-6,9,14-15H,3,7H2,1-2H3,(H,13,16). The zero-order valence-corrected chi connectivity index (χ0v) is 9.53. The maximum atomic E-state index is 11.7. The molecule has 0 heterocycles. The van der Waals surface area contributed by atoms with Gasteiger partial charge in [-0.1, -0.05) is 18.6 Å². The van der Waals surface area contributed by atoms with Gasteiger partial charge in [0.25, 0.3) is 5.91 Å². The van der Waals surface area contributed by atoms with E-state index < -0.39 is 6.10 Å². The van der Waals surface area contributed by atoms with Gasteiger partial charge in [-0.3, -0.25) is 4.79 Å². The average Bonchev–Trinajstić information content (AvgIpc) is 2.28. The molecule has 88 valence electrons. The van der Waals surface area contributed by atoms with Crippen molar-refractivity contribution in [1.29, 1.82) is 0 Å². The van der Waals surface area contributed by atoms with Crippen molar-refractivity contribution in [2.75, 3.05) is 6.54 Å². The van der Waals surface area contributed by atoms with Gasteiger partial charge in [-0.15, -0.1) is 0 Å². The average molecular weight is 223 g/mol. The molecule has 0 radical (unpaired) electrons. The van der Waals surface area contributed by atoms with E-state index in [0.29, 0.717) is 6.42 Å². The predicted octanol–water partition coefficient (Wildman–Crippen LogP) is 1.20. The van der Waals surface area contributed by atoms with E-state index in [1.165, 1.54) is 6.07 Å². The molecule has 4 nitrogen and oxygen atoms in total. The van der Waals surface area contributed by atoms with Crippen LogP contribution in [0.3, 0.4) is 0 Å². The number of rotatable bonds is 4. The van der Waals surface area contributed by atoms with Crippen LogP contribution in [0.4, 0.5) is 0 Å². The number of aryl methyl sites for hydroxylation is 1. The van der Waals surface area contributed by atoms with E-state index in [9.17, 15) is 15.0 Å². The summed E-state index contributed by atoms with van der Waals surface area (Å²) < 4.78 is 0. The highest BCUT2D eigenvalue weighted by atomic mass is 16.3. The van der Waals surface area contributed by atoms with E-state index in [0.717, 1.165) is 5.56 Å². The van der Waals surface area contributed by atoms with E-state index in [2.05, 4.69) is 5.32 Å². The Labute approximate surface area is 94.9 Å². The number of nitrogens with one attached hydrogen (secondary N) is 1. The molecule has 3 N–H and O–H groups in total. The van der Waals surface area contributed by atoms with Crippen molar-refractivity contribution in [3.8, 4) is 5.75 Å². The van der Waals surface area contributed by atoms with Crippen LogP contribution in [0.25, 0.3) is 0 Å². The Kier molecular flexibility index (Phi) is 4.31. The number of aromatic hydroxyl groups is 1. The normalized spacial score (nSPS) is 12.2. The van der Waals surface area contributed by atoms with E-state index in [4.69, 9.17) is 0 Å². The molecule has 1 aromatic rings. The van der Waals surface area contributed by atoms with Crippen molar-refractivity contribution in [1.82, 2.24) is 5.32 Å². The third-order valence-electron chi connectivity index (χ3n) is 2.37. The molecule has 1 unspecified atom stereocenters. The van der Waals surface area contributed by atoms with Gasteiger partial charge >= 0.3 is 0 Å². The van der Waals surface area contributed by atoms with Gasteiger partial charge in [0.05, 0.1) is 11.7 Å². The second kappa shape index (κ2) is 5.51. The summed E-state index contributed by atoms with van der Waals surface area (Å²) in [4.78, 5) is 11.7. The number of phenols is 1. The van der Waals surface area contributed by atoms with E-state index in [1.807, 2.05) is 13.8 Å². The molecular formula is C12H17NO3. The van der Waals surface area contributed by atoms with Gasteiger partial charge in [0, 0.05) is 6.54 Å². The predicted molar refractivity (Wildman–Crippen MR) is 61.5 cm³/mol. The van der Waals surface area contributed by atoms with Crippen LogP contribution >= 0.6 is 0 Å². The molecule has 1 amide bonds. The summed E-state index contributed by atoms with van der Waals surface area (Å²) in [6.45, 7) is 3.88. The Hall–Kier alpha value is -1.55. The van der Waals surface area contributed by atoms with Gasteiger partial charge in [0.2, 0.25) is 0 Å². The number of aliphatic hydroxyl groups is 1. The number of carbonyl (C=O) groups is 1. The highest BCUT2D eigenvalue weighted by Crippen LogP contribution is 2.17. The second-order valence-corrected chi connectivity index (χ2v) is 3.79. The fourth-order valence-corrected chi connectivity index (χ4v) is 1.28. The van der Waals surface area contributed by atoms with Crippen LogP contribution in [0.1, 0.15) is 29.3 Å². The number of carbonyl (C=O) groups excluding carboxylic acids is 1. The molecule has 0 aromatic heterocycles. The number of aliphatic hydroxyl groups excluding tert-OH is 1. The highest BCUT2D eigenvalue weighted by molar-refractivity contribution is 5.96. The minimum atomic E-state index is -0.545. The zero-order valence-electron chi connectivity index (χ0n) is 9.53. The summed E-state index contributed by atoms with van der Waals surface area (Å²) in [6, 6.07) is 4.83. The molecule has 16 heavy (non-hydrogen) atoms. The third kappa shape index (κ3) is 3.24. The Morgan fingerprint density at radius 3 is 2.81 bits per heavy atom. The third-order valence-corrected chi connectivity index (χ3v) is 2.37. The van der Waals surface area contributed by atoms with E-state index in [1.54, 1.807) is 12.1 Å². The Morgan fingerprint density at radius 2 is 2.19 bits per heavy atom. The van der Waals surface area contributed by atoms with Crippen molar-refractivity contribution in [3.05, 3.63) is 29.3 Å². The smallest absolute Gasteiger partial charge is 0.255 e. The summed E-state index contributed by atoms with van der Waals surface area (Å²) in [5, 5.41) is 21.4. The molecule has 4 heteroatoms.